The van der Waals surface area contributed by atoms with Crippen LogP contribution >= 0.6 is 11.8 Å². The predicted octanol–water partition coefficient (Wildman–Crippen LogP) is 1.39. The standard InChI is InChI=1S/C13H21NO4S/c1-9(10(2)13(16)17)12(15)14(5-6-18-3)11-4-7-19-8-11/h11H,4-8H2,1-3H3,(H,16,17). The largest absolute Gasteiger partial charge is 0.478 e. The zero-order valence-corrected chi connectivity index (χ0v) is 12.5. The number of hydrogen-bond donors (Lipinski definition) is 1. The number of carboxylic acid groups (broad SMARTS) is 1. The molecule has 0 aromatic heterocycles. The van der Waals surface area contributed by atoms with Crippen LogP contribution in [0.5, 0.6) is 0 Å². The van der Waals surface area contributed by atoms with Crippen molar-refractivity contribution in [3.63, 3.8) is 0 Å². The van der Waals surface area contributed by atoms with Gasteiger partial charge < -0.3 is 14.7 Å². The van der Waals surface area contributed by atoms with Crippen LogP contribution in [0.1, 0.15) is 20.3 Å². The van der Waals surface area contributed by atoms with Crippen molar-refractivity contribution >= 4 is 23.6 Å². The van der Waals surface area contributed by atoms with Gasteiger partial charge in [-0.3, -0.25) is 4.79 Å². The van der Waals surface area contributed by atoms with E-state index in [4.69, 9.17) is 9.84 Å². The lowest BCUT2D eigenvalue weighted by Crippen LogP contribution is -2.43. The minimum Gasteiger partial charge on any atom is -0.478 e. The highest BCUT2D eigenvalue weighted by Gasteiger charge is 2.28. The summed E-state index contributed by atoms with van der Waals surface area (Å²) in [5.41, 5.74) is 0.415. The third-order valence-corrected chi connectivity index (χ3v) is 4.49. The molecule has 1 rings (SSSR count). The van der Waals surface area contributed by atoms with Crippen molar-refractivity contribution in [2.24, 2.45) is 0 Å². The molecule has 5 nitrogen and oxygen atoms in total. The molecule has 1 N–H and O–H groups in total. The first-order valence-corrected chi connectivity index (χ1v) is 7.43. The number of rotatable bonds is 6. The molecule has 1 unspecified atom stereocenters. The van der Waals surface area contributed by atoms with E-state index in [1.54, 1.807) is 18.9 Å². The maximum atomic E-state index is 12.4. The summed E-state index contributed by atoms with van der Waals surface area (Å²) in [6.45, 7) is 4.01. The van der Waals surface area contributed by atoms with E-state index in [9.17, 15) is 9.59 Å². The monoisotopic (exact) mass is 287 g/mol. The summed E-state index contributed by atoms with van der Waals surface area (Å²) in [4.78, 5) is 25.1. The van der Waals surface area contributed by atoms with Gasteiger partial charge in [0.15, 0.2) is 0 Å². The number of hydrogen-bond acceptors (Lipinski definition) is 4. The second kappa shape index (κ2) is 7.55. The van der Waals surface area contributed by atoms with Gasteiger partial charge in [-0.05, 0) is 26.0 Å². The Morgan fingerprint density at radius 3 is 2.53 bits per heavy atom. The minimum atomic E-state index is -1.04. The fourth-order valence-electron chi connectivity index (χ4n) is 1.94. The Labute approximate surface area is 118 Å². The third-order valence-electron chi connectivity index (χ3n) is 3.35. The first kappa shape index (κ1) is 16.0. The van der Waals surface area contributed by atoms with Crippen LogP contribution in [-0.4, -0.2) is 59.7 Å². The van der Waals surface area contributed by atoms with Gasteiger partial charge >= 0.3 is 5.97 Å². The summed E-state index contributed by atoms with van der Waals surface area (Å²) < 4.78 is 5.04. The van der Waals surface area contributed by atoms with E-state index in [2.05, 4.69) is 0 Å². The number of methoxy groups -OCH3 is 1. The lowest BCUT2D eigenvalue weighted by atomic mass is 10.1. The molecular weight excluding hydrogens is 266 g/mol. The Morgan fingerprint density at radius 2 is 2.05 bits per heavy atom. The van der Waals surface area contributed by atoms with Gasteiger partial charge in [0.25, 0.3) is 0 Å². The Balaban J connectivity index is 2.87. The van der Waals surface area contributed by atoms with Crippen molar-refractivity contribution < 1.29 is 19.4 Å². The van der Waals surface area contributed by atoms with Crippen LogP contribution < -0.4 is 0 Å². The molecule has 1 saturated heterocycles. The average Bonchev–Trinajstić information content (AvgIpc) is 2.90. The molecular formula is C13H21NO4S. The molecule has 108 valence electrons. The third kappa shape index (κ3) is 4.24. The molecule has 19 heavy (non-hydrogen) atoms. The molecule has 0 aliphatic carbocycles. The maximum absolute atomic E-state index is 12.4. The number of ether oxygens (including phenoxy) is 1. The number of carbonyl (C=O) groups is 2. The fraction of sp³-hybridized carbons (Fsp3) is 0.692. The van der Waals surface area contributed by atoms with E-state index in [1.165, 1.54) is 6.92 Å². The maximum Gasteiger partial charge on any atom is 0.331 e. The van der Waals surface area contributed by atoms with E-state index in [0.717, 1.165) is 17.9 Å². The topological polar surface area (TPSA) is 66.8 Å². The Morgan fingerprint density at radius 1 is 1.37 bits per heavy atom. The van der Waals surface area contributed by atoms with E-state index in [-0.39, 0.29) is 17.5 Å². The Kier molecular flexibility index (Phi) is 6.37. The number of amides is 1. The van der Waals surface area contributed by atoms with Crippen molar-refractivity contribution in [2.45, 2.75) is 26.3 Å². The molecule has 0 spiro atoms. The zero-order valence-electron chi connectivity index (χ0n) is 11.6. The van der Waals surface area contributed by atoms with Crippen LogP contribution in [-0.2, 0) is 14.3 Å². The minimum absolute atomic E-state index is 0.109. The van der Waals surface area contributed by atoms with Gasteiger partial charge in [0.2, 0.25) is 5.91 Å². The lowest BCUT2D eigenvalue weighted by molar-refractivity contribution is -0.134. The molecule has 1 aliphatic heterocycles. The van der Waals surface area contributed by atoms with Crippen molar-refractivity contribution in [2.75, 3.05) is 31.8 Å². The number of nitrogens with zero attached hydrogens (tertiary/aromatic N) is 1. The summed E-state index contributed by atoms with van der Waals surface area (Å²) in [6, 6.07) is 0.184. The van der Waals surface area contributed by atoms with E-state index < -0.39 is 5.97 Å². The van der Waals surface area contributed by atoms with Gasteiger partial charge in [-0.25, -0.2) is 4.79 Å². The smallest absolute Gasteiger partial charge is 0.331 e. The van der Waals surface area contributed by atoms with E-state index in [1.807, 2.05) is 11.8 Å². The first-order valence-electron chi connectivity index (χ1n) is 6.27. The molecule has 0 radical (unpaired) electrons. The highest BCUT2D eigenvalue weighted by Crippen LogP contribution is 2.24. The van der Waals surface area contributed by atoms with E-state index in [0.29, 0.717) is 18.7 Å². The van der Waals surface area contributed by atoms with Crippen molar-refractivity contribution in [3.8, 4) is 0 Å². The summed E-state index contributed by atoms with van der Waals surface area (Å²) in [7, 11) is 1.59. The Hall–Kier alpha value is -1.01. The van der Waals surface area contributed by atoms with Crippen molar-refractivity contribution in [1.82, 2.24) is 4.90 Å². The summed E-state index contributed by atoms with van der Waals surface area (Å²) in [5, 5.41) is 8.97. The van der Waals surface area contributed by atoms with Crippen LogP contribution in [0.2, 0.25) is 0 Å². The van der Waals surface area contributed by atoms with Crippen LogP contribution in [0.25, 0.3) is 0 Å². The second-order valence-corrected chi connectivity index (χ2v) is 5.71. The SMILES string of the molecule is COCCN(C(=O)C(C)=C(C)C(=O)O)C1CCSC1. The van der Waals surface area contributed by atoms with Gasteiger partial charge in [-0.1, -0.05) is 0 Å². The number of thioether (sulfide) groups is 1. The normalized spacial score (nSPS) is 20.1. The number of carboxylic acids is 1. The molecule has 0 aromatic carbocycles. The summed E-state index contributed by atoms with van der Waals surface area (Å²) in [5.74, 6) is 0.722. The van der Waals surface area contributed by atoms with Gasteiger partial charge in [0.05, 0.1) is 6.61 Å². The summed E-state index contributed by atoms with van der Waals surface area (Å²) in [6.07, 6.45) is 0.958. The zero-order chi connectivity index (χ0) is 14.4. The first-order chi connectivity index (χ1) is 8.99. The number of carbonyl (C=O) groups excluding carboxylic acids is 1. The molecule has 0 saturated carbocycles. The van der Waals surface area contributed by atoms with Crippen molar-refractivity contribution in [1.29, 1.82) is 0 Å². The van der Waals surface area contributed by atoms with Crippen molar-refractivity contribution in [3.05, 3.63) is 11.1 Å². The van der Waals surface area contributed by atoms with Crippen LogP contribution in [0, 0.1) is 0 Å². The molecule has 1 amide bonds. The van der Waals surface area contributed by atoms with Gasteiger partial charge in [0, 0.05) is 36.6 Å². The quantitative estimate of drug-likeness (QED) is 0.748. The molecule has 1 aliphatic rings. The Bertz CT molecular complexity index is 375. The molecule has 1 atom stereocenters. The van der Waals surface area contributed by atoms with Crippen LogP contribution in [0.3, 0.4) is 0 Å². The molecule has 1 heterocycles. The molecule has 6 heteroatoms. The average molecular weight is 287 g/mol. The predicted molar refractivity (Wildman–Crippen MR) is 75.3 cm³/mol. The van der Waals surface area contributed by atoms with Gasteiger partial charge in [0.1, 0.15) is 0 Å². The molecule has 0 aromatic rings. The summed E-state index contributed by atoms with van der Waals surface area (Å²) >= 11 is 1.82. The second-order valence-electron chi connectivity index (χ2n) is 4.56. The fourth-order valence-corrected chi connectivity index (χ4v) is 3.17. The molecule has 1 fully saturated rings. The van der Waals surface area contributed by atoms with Gasteiger partial charge in [-0.2, -0.15) is 11.8 Å². The highest BCUT2D eigenvalue weighted by atomic mass is 32.2. The van der Waals surface area contributed by atoms with Crippen LogP contribution in [0.15, 0.2) is 11.1 Å². The number of aliphatic carboxylic acids is 1. The lowest BCUT2D eigenvalue weighted by Gasteiger charge is -2.29. The highest BCUT2D eigenvalue weighted by molar-refractivity contribution is 7.99. The van der Waals surface area contributed by atoms with Gasteiger partial charge in [-0.15, -0.1) is 0 Å². The van der Waals surface area contributed by atoms with E-state index >= 15 is 0 Å². The molecule has 0 bridgehead atoms. The van der Waals surface area contributed by atoms with Crippen LogP contribution in [0.4, 0.5) is 0 Å².